The Morgan fingerprint density at radius 1 is 1.00 bits per heavy atom. The van der Waals surface area contributed by atoms with E-state index in [1.165, 1.54) is 14.0 Å². The van der Waals surface area contributed by atoms with Gasteiger partial charge in [0.15, 0.2) is 11.9 Å². The van der Waals surface area contributed by atoms with Crippen molar-refractivity contribution in [1.29, 1.82) is 0 Å². The molecule has 9 nitrogen and oxygen atoms in total. The van der Waals surface area contributed by atoms with E-state index in [4.69, 9.17) is 18.4 Å². The van der Waals surface area contributed by atoms with Gasteiger partial charge >= 0.3 is 5.97 Å². The van der Waals surface area contributed by atoms with Crippen molar-refractivity contribution in [3.63, 3.8) is 0 Å². The standard InChI is InChI=1S/C15H22O9S/c1-7(16)10-6-11-13(22-10)14(24-25(3,18)19)12(23-11)8-4-5-9(21-8)15(17)20-2/h8-14H,4-6H2,1-3H3. The molecule has 142 valence electrons. The summed E-state index contributed by atoms with van der Waals surface area (Å²) in [6.45, 7) is 1.41. The Bertz CT molecular complexity index is 645. The molecule has 0 saturated carbocycles. The number of ketones is 1. The molecule has 0 bridgehead atoms. The van der Waals surface area contributed by atoms with Crippen LogP contribution in [-0.4, -0.2) is 76.3 Å². The van der Waals surface area contributed by atoms with Gasteiger partial charge in [0.25, 0.3) is 10.1 Å². The molecule has 3 saturated heterocycles. The molecule has 0 spiro atoms. The highest BCUT2D eigenvalue weighted by molar-refractivity contribution is 7.86. The van der Waals surface area contributed by atoms with Crippen molar-refractivity contribution in [2.24, 2.45) is 0 Å². The van der Waals surface area contributed by atoms with Gasteiger partial charge in [-0.1, -0.05) is 0 Å². The highest BCUT2D eigenvalue weighted by Crippen LogP contribution is 2.41. The highest BCUT2D eigenvalue weighted by Gasteiger charge is 2.57. The summed E-state index contributed by atoms with van der Waals surface area (Å²) in [4.78, 5) is 23.2. The van der Waals surface area contributed by atoms with E-state index in [1.807, 2.05) is 0 Å². The minimum absolute atomic E-state index is 0.143. The number of carbonyl (C=O) groups excluding carboxylic acids is 2. The number of esters is 1. The van der Waals surface area contributed by atoms with Crippen LogP contribution in [0.5, 0.6) is 0 Å². The van der Waals surface area contributed by atoms with E-state index in [9.17, 15) is 18.0 Å². The van der Waals surface area contributed by atoms with Crippen molar-refractivity contribution in [2.45, 2.75) is 68.9 Å². The Balaban J connectivity index is 1.75. The minimum atomic E-state index is -3.77. The van der Waals surface area contributed by atoms with Crippen molar-refractivity contribution in [3.05, 3.63) is 0 Å². The zero-order valence-electron chi connectivity index (χ0n) is 14.2. The van der Waals surface area contributed by atoms with E-state index in [1.54, 1.807) is 0 Å². The first kappa shape index (κ1) is 18.7. The highest BCUT2D eigenvalue weighted by atomic mass is 32.2. The van der Waals surface area contributed by atoms with Crippen LogP contribution >= 0.6 is 0 Å². The summed E-state index contributed by atoms with van der Waals surface area (Å²) in [7, 11) is -2.49. The van der Waals surface area contributed by atoms with Gasteiger partial charge in [0.05, 0.1) is 25.6 Å². The molecule has 3 rings (SSSR count). The van der Waals surface area contributed by atoms with Gasteiger partial charge in [-0.3, -0.25) is 8.98 Å². The summed E-state index contributed by atoms with van der Waals surface area (Å²) >= 11 is 0. The van der Waals surface area contributed by atoms with E-state index in [2.05, 4.69) is 4.74 Å². The molecular formula is C15H22O9S. The Morgan fingerprint density at radius 3 is 2.28 bits per heavy atom. The molecule has 0 N–H and O–H groups in total. The molecule has 0 aliphatic carbocycles. The van der Waals surface area contributed by atoms with Crippen LogP contribution in [0.1, 0.15) is 26.2 Å². The average Bonchev–Trinajstić information content (AvgIpc) is 3.20. The average molecular weight is 378 g/mol. The Kier molecular flexibility index (Phi) is 5.18. The van der Waals surface area contributed by atoms with Gasteiger partial charge in [0, 0.05) is 6.42 Å². The number of rotatable bonds is 5. The number of hydrogen-bond acceptors (Lipinski definition) is 9. The van der Waals surface area contributed by atoms with Crippen LogP contribution in [0.4, 0.5) is 0 Å². The van der Waals surface area contributed by atoms with Gasteiger partial charge in [0.1, 0.15) is 24.4 Å². The number of carbonyl (C=O) groups is 2. The maximum Gasteiger partial charge on any atom is 0.334 e. The van der Waals surface area contributed by atoms with Crippen LogP contribution in [0.3, 0.4) is 0 Å². The van der Waals surface area contributed by atoms with E-state index >= 15 is 0 Å². The summed E-state index contributed by atoms with van der Waals surface area (Å²) in [5.74, 6) is -0.621. The van der Waals surface area contributed by atoms with Crippen LogP contribution in [0.15, 0.2) is 0 Å². The molecule has 0 aromatic carbocycles. The zero-order chi connectivity index (χ0) is 18.4. The summed E-state index contributed by atoms with van der Waals surface area (Å²) < 4.78 is 50.5. The van der Waals surface area contributed by atoms with E-state index < -0.39 is 58.8 Å². The van der Waals surface area contributed by atoms with Crippen molar-refractivity contribution >= 4 is 21.9 Å². The first-order valence-electron chi connectivity index (χ1n) is 8.12. The first-order valence-corrected chi connectivity index (χ1v) is 9.94. The predicted octanol–water partition coefficient (Wildman–Crippen LogP) is -0.434. The van der Waals surface area contributed by atoms with Crippen LogP contribution in [0.2, 0.25) is 0 Å². The lowest BCUT2D eigenvalue weighted by Gasteiger charge is -2.26. The molecule has 25 heavy (non-hydrogen) atoms. The minimum Gasteiger partial charge on any atom is -0.467 e. The Hall–Kier alpha value is -1.07. The molecule has 0 amide bonds. The third-order valence-electron chi connectivity index (χ3n) is 4.74. The lowest BCUT2D eigenvalue weighted by Crippen LogP contribution is -2.43. The smallest absolute Gasteiger partial charge is 0.334 e. The molecule has 3 aliphatic rings. The second-order valence-electron chi connectivity index (χ2n) is 6.60. The fourth-order valence-corrected chi connectivity index (χ4v) is 4.27. The van der Waals surface area contributed by atoms with Crippen molar-refractivity contribution in [2.75, 3.05) is 13.4 Å². The molecule has 0 radical (unpaired) electrons. The second-order valence-corrected chi connectivity index (χ2v) is 8.20. The summed E-state index contributed by atoms with van der Waals surface area (Å²) in [5.41, 5.74) is 0. The summed E-state index contributed by atoms with van der Waals surface area (Å²) in [5, 5.41) is 0. The first-order chi connectivity index (χ1) is 11.7. The largest absolute Gasteiger partial charge is 0.467 e. The van der Waals surface area contributed by atoms with E-state index in [-0.39, 0.29) is 5.78 Å². The summed E-state index contributed by atoms with van der Waals surface area (Å²) in [6, 6.07) is 0. The normalized spacial score (nSPS) is 40.8. The Morgan fingerprint density at radius 2 is 1.68 bits per heavy atom. The van der Waals surface area contributed by atoms with Gasteiger partial charge in [0.2, 0.25) is 0 Å². The second kappa shape index (κ2) is 6.92. The van der Waals surface area contributed by atoms with Crippen LogP contribution in [0, 0.1) is 0 Å². The molecule has 3 fully saturated rings. The Labute approximate surface area is 146 Å². The van der Waals surface area contributed by atoms with Crippen molar-refractivity contribution in [1.82, 2.24) is 0 Å². The molecule has 0 aromatic rings. The molecule has 3 heterocycles. The molecule has 7 atom stereocenters. The van der Waals surface area contributed by atoms with Crippen molar-refractivity contribution < 1.29 is 41.1 Å². The number of Topliss-reactive ketones (excluding diaryl/α,β-unsaturated/α-hetero) is 1. The molecular weight excluding hydrogens is 356 g/mol. The number of fused-ring (bicyclic) bond motifs is 1. The molecule has 7 unspecified atom stereocenters. The molecule has 3 aliphatic heterocycles. The number of methoxy groups -OCH3 is 1. The van der Waals surface area contributed by atoms with E-state index in [0.29, 0.717) is 19.3 Å². The fourth-order valence-electron chi connectivity index (χ4n) is 3.65. The maximum atomic E-state index is 11.7. The topological polar surface area (TPSA) is 114 Å². The lowest BCUT2D eigenvalue weighted by molar-refractivity contribution is -0.158. The molecule has 10 heteroatoms. The lowest BCUT2D eigenvalue weighted by atomic mass is 10.0. The van der Waals surface area contributed by atoms with Crippen molar-refractivity contribution in [3.8, 4) is 0 Å². The quantitative estimate of drug-likeness (QED) is 0.464. The number of ether oxygens (including phenoxy) is 4. The third-order valence-corrected chi connectivity index (χ3v) is 5.31. The SMILES string of the molecule is COC(=O)C1CCC(C2OC3CC(C(C)=O)OC3C2OS(C)(=O)=O)O1. The van der Waals surface area contributed by atoms with Gasteiger partial charge in [-0.25, -0.2) is 4.79 Å². The van der Waals surface area contributed by atoms with Gasteiger partial charge in [-0.05, 0) is 19.8 Å². The zero-order valence-corrected chi connectivity index (χ0v) is 15.1. The predicted molar refractivity (Wildman–Crippen MR) is 82.2 cm³/mol. The van der Waals surface area contributed by atoms with Crippen LogP contribution in [-0.2, 0) is 42.8 Å². The van der Waals surface area contributed by atoms with Crippen LogP contribution in [0.25, 0.3) is 0 Å². The maximum absolute atomic E-state index is 11.7. The van der Waals surface area contributed by atoms with E-state index in [0.717, 1.165) is 6.26 Å². The van der Waals surface area contributed by atoms with Gasteiger partial charge < -0.3 is 18.9 Å². The van der Waals surface area contributed by atoms with Crippen LogP contribution < -0.4 is 0 Å². The summed E-state index contributed by atoms with van der Waals surface area (Å²) in [6.07, 6.45) is -2.36. The van der Waals surface area contributed by atoms with Gasteiger partial charge in [-0.2, -0.15) is 8.42 Å². The monoisotopic (exact) mass is 378 g/mol. The fraction of sp³-hybridized carbons (Fsp3) is 0.867. The van der Waals surface area contributed by atoms with Gasteiger partial charge in [-0.15, -0.1) is 0 Å². The third kappa shape index (κ3) is 3.87. The molecule has 0 aromatic heterocycles. The number of hydrogen-bond donors (Lipinski definition) is 0.